The summed E-state index contributed by atoms with van der Waals surface area (Å²) in [5, 5.41) is 7.25. The lowest BCUT2D eigenvalue weighted by atomic mass is 10.3. The van der Waals surface area contributed by atoms with Crippen molar-refractivity contribution in [1.29, 1.82) is 0 Å². The van der Waals surface area contributed by atoms with Gasteiger partial charge in [-0.15, -0.1) is 0 Å². The van der Waals surface area contributed by atoms with Crippen LogP contribution in [0.4, 0.5) is 5.69 Å². The Morgan fingerprint density at radius 1 is 1.53 bits per heavy atom. The van der Waals surface area contributed by atoms with Crippen LogP contribution < -0.4 is 10.1 Å². The lowest BCUT2D eigenvalue weighted by molar-refractivity contribution is -0.116. The largest absolute Gasteiger partial charge is 0.495 e. The molecule has 0 unspecified atom stereocenters. The average Bonchev–Trinajstić information content (AvgIpc) is 2.74. The normalized spacial score (nSPS) is 10.3. The zero-order valence-electron chi connectivity index (χ0n) is 10.1. The third-order valence-corrected chi connectivity index (χ3v) is 3.07. The number of nitrogens with zero attached hydrogens (tertiary/aromatic N) is 2. The molecular weight excluding hydrogens is 334 g/mol. The van der Waals surface area contributed by atoms with Crippen LogP contribution in [0.1, 0.15) is 0 Å². The van der Waals surface area contributed by atoms with E-state index in [9.17, 15) is 4.79 Å². The summed E-state index contributed by atoms with van der Waals surface area (Å²) in [5.74, 6) is 0.382. The molecule has 5 nitrogen and oxygen atoms in total. The van der Waals surface area contributed by atoms with Crippen molar-refractivity contribution in [3.63, 3.8) is 0 Å². The number of hydrogen-bond acceptors (Lipinski definition) is 3. The highest BCUT2D eigenvalue weighted by atomic mass is 79.9. The number of benzene rings is 1. The van der Waals surface area contributed by atoms with E-state index in [-0.39, 0.29) is 12.5 Å². The molecule has 1 heterocycles. The van der Waals surface area contributed by atoms with Gasteiger partial charge in [0.1, 0.15) is 16.9 Å². The molecule has 0 aliphatic carbocycles. The van der Waals surface area contributed by atoms with Gasteiger partial charge in [0.2, 0.25) is 5.91 Å². The van der Waals surface area contributed by atoms with E-state index >= 15 is 0 Å². The first-order valence-corrected chi connectivity index (χ1v) is 6.58. The second-order valence-electron chi connectivity index (χ2n) is 3.73. The van der Waals surface area contributed by atoms with Crippen molar-refractivity contribution in [3.8, 4) is 5.75 Å². The monoisotopic (exact) mass is 343 g/mol. The number of carbonyl (C=O) groups is 1. The van der Waals surface area contributed by atoms with E-state index in [1.54, 1.807) is 30.5 Å². The maximum absolute atomic E-state index is 11.8. The Bertz CT molecular complexity index is 600. The van der Waals surface area contributed by atoms with Gasteiger partial charge in [-0.25, -0.2) is 0 Å². The van der Waals surface area contributed by atoms with E-state index in [1.807, 2.05) is 0 Å². The maximum atomic E-state index is 11.8. The number of anilines is 1. The van der Waals surface area contributed by atoms with Crippen LogP contribution in [-0.4, -0.2) is 22.8 Å². The molecule has 0 fully saturated rings. The molecule has 1 amide bonds. The molecule has 100 valence electrons. The molecule has 0 spiro atoms. The van der Waals surface area contributed by atoms with E-state index in [2.05, 4.69) is 26.3 Å². The smallest absolute Gasteiger partial charge is 0.246 e. The second-order valence-corrected chi connectivity index (χ2v) is 4.95. The maximum Gasteiger partial charge on any atom is 0.246 e. The zero-order chi connectivity index (χ0) is 13.8. The molecule has 0 aliphatic rings. The number of aromatic nitrogens is 2. The number of halogens is 2. The number of ether oxygens (including phenoxy) is 1. The first-order valence-electron chi connectivity index (χ1n) is 5.41. The molecule has 1 aromatic carbocycles. The van der Waals surface area contributed by atoms with Gasteiger partial charge in [0, 0.05) is 11.9 Å². The number of hydrogen-bond donors (Lipinski definition) is 1. The number of amides is 1. The van der Waals surface area contributed by atoms with Gasteiger partial charge in [-0.2, -0.15) is 5.10 Å². The number of rotatable bonds is 4. The Hall–Kier alpha value is -1.53. The third kappa shape index (κ3) is 3.71. The molecule has 0 saturated heterocycles. The predicted molar refractivity (Wildman–Crippen MR) is 76.6 cm³/mol. The summed E-state index contributed by atoms with van der Waals surface area (Å²) in [6, 6.07) is 6.82. The lowest BCUT2D eigenvalue weighted by Crippen LogP contribution is -2.19. The van der Waals surface area contributed by atoms with Crippen LogP contribution in [0.5, 0.6) is 5.75 Å². The first kappa shape index (κ1) is 13.9. The van der Waals surface area contributed by atoms with Crippen LogP contribution >= 0.6 is 27.5 Å². The van der Waals surface area contributed by atoms with E-state index < -0.39 is 0 Å². The Morgan fingerprint density at radius 2 is 2.32 bits per heavy atom. The molecule has 2 rings (SSSR count). The van der Waals surface area contributed by atoms with Crippen LogP contribution in [0.25, 0.3) is 0 Å². The Morgan fingerprint density at radius 3 is 2.89 bits per heavy atom. The van der Waals surface area contributed by atoms with Gasteiger partial charge < -0.3 is 10.1 Å². The van der Waals surface area contributed by atoms with Crippen molar-refractivity contribution in [3.05, 3.63) is 40.1 Å². The van der Waals surface area contributed by atoms with Gasteiger partial charge in [0.05, 0.1) is 12.1 Å². The summed E-state index contributed by atoms with van der Waals surface area (Å²) in [6.45, 7) is 0.134. The van der Waals surface area contributed by atoms with Crippen molar-refractivity contribution in [1.82, 2.24) is 9.78 Å². The summed E-state index contributed by atoms with van der Waals surface area (Å²) < 4.78 is 7.26. The van der Waals surface area contributed by atoms with Crippen molar-refractivity contribution in [2.24, 2.45) is 0 Å². The molecule has 1 N–H and O–H groups in total. The van der Waals surface area contributed by atoms with E-state index in [0.29, 0.717) is 21.1 Å². The molecule has 0 saturated carbocycles. The standard InChI is InChI=1S/C12H11BrClN3O2/c1-19-10-3-2-8(6-9(10)14)15-12(18)7-17-5-4-11(13)16-17/h2-6H,7H2,1H3,(H,15,18). The lowest BCUT2D eigenvalue weighted by Gasteiger charge is -2.08. The first-order chi connectivity index (χ1) is 9.08. The van der Waals surface area contributed by atoms with Gasteiger partial charge in [-0.3, -0.25) is 9.48 Å². The van der Waals surface area contributed by atoms with Gasteiger partial charge in [0.25, 0.3) is 0 Å². The van der Waals surface area contributed by atoms with Gasteiger partial charge in [0.15, 0.2) is 0 Å². The van der Waals surface area contributed by atoms with Crippen molar-refractivity contribution in [2.75, 3.05) is 12.4 Å². The predicted octanol–water partition coefficient (Wildman–Crippen LogP) is 2.95. The van der Waals surface area contributed by atoms with Crippen LogP contribution in [0.15, 0.2) is 35.1 Å². The fraction of sp³-hybridized carbons (Fsp3) is 0.167. The summed E-state index contributed by atoms with van der Waals surface area (Å²) in [5.41, 5.74) is 0.613. The highest BCUT2D eigenvalue weighted by Crippen LogP contribution is 2.27. The second kappa shape index (κ2) is 6.08. The fourth-order valence-corrected chi connectivity index (χ4v) is 2.10. The summed E-state index contributed by atoms with van der Waals surface area (Å²) in [7, 11) is 1.54. The topological polar surface area (TPSA) is 56.1 Å². The van der Waals surface area contributed by atoms with E-state index in [4.69, 9.17) is 16.3 Å². The number of nitrogens with one attached hydrogen (secondary N) is 1. The van der Waals surface area contributed by atoms with Crippen molar-refractivity contribution >= 4 is 39.1 Å². The van der Waals surface area contributed by atoms with Gasteiger partial charge in [-0.1, -0.05) is 11.6 Å². The highest BCUT2D eigenvalue weighted by Gasteiger charge is 2.07. The van der Waals surface area contributed by atoms with E-state index in [0.717, 1.165) is 0 Å². The Kier molecular flexibility index (Phi) is 4.44. The third-order valence-electron chi connectivity index (χ3n) is 2.35. The minimum absolute atomic E-state index is 0.134. The van der Waals surface area contributed by atoms with E-state index in [1.165, 1.54) is 11.8 Å². The molecule has 19 heavy (non-hydrogen) atoms. The number of carbonyl (C=O) groups excluding carboxylic acids is 1. The molecule has 1 aromatic heterocycles. The molecule has 2 aromatic rings. The summed E-state index contributed by atoms with van der Waals surface area (Å²) in [6.07, 6.45) is 1.71. The van der Waals surface area contributed by atoms with Crippen molar-refractivity contribution in [2.45, 2.75) is 6.54 Å². The highest BCUT2D eigenvalue weighted by molar-refractivity contribution is 9.10. The van der Waals surface area contributed by atoms with Crippen LogP contribution in [0.3, 0.4) is 0 Å². The number of methoxy groups -OCH3 is 1. The van der Waals surface area contributed by atoms with Crippen LogP contribution in [-0.2, 0) is 11.3 Å². The Labute approximate surface area is 123 Å². The zero-order valence-corrected chi connectivity index (χ0v) is 12.4. The van der Waals surface area contributed by atoms with Gasteiger partial charge in [-0.05, 0) is 40.2 Å². The van der Waals surface area contributed by atoms with Crippen LogP contribution in [0.2, 0.25) is 5.02 Å². The average molecular weight is 345 g/mol. The molecule has 0 atom stereocenters. The summed E-state index contributed by atoms with van der Waals surface area (Å²) in [4.78, 5) is 11.8. The quantitative estimate of drug-likeness (QED) is 0.928. The molecule has 0 bridgehead atoms. The SMILES string of the molecule is COc1ccc(NC(=O)Cn2ccc(Br)n2)cc1Cl. The van der Waals surface area contributed by atoms with Gasteiger partial charge >= 0.3 is 0 Å². The van der Waals surface area contributed by atoms with Crippen LogP contribution in [0, 0.1) is 0 Å². The molecular formula is C12H11BrClN3O2. The molecule has 0 radical (unpaired) electrons. The molecule has 0 aliphatic heterocycles. The summed E-state index contributed by atoms with van der Waals surface area (Å²) >= 11 is 9.20. The fourth-order valence-electron chi connectivity index (χ4n) is 1.52. The minimum Gasteiger partial charge on any atom is -0.495 e. The van der Waals surface area contributed by atoms with Crippen molar-refractivity contribution < 1.29 is 9.53 Å². The molecule has 7 heteroatoms. The Balaban J connectivity index is 2.00. The minimum atomic E-state index is -0.183.